The van der Waals surface area contributed by atoms with Gasteiger partial charge in [-0.15, -0.1) is 0 Å². The predicted molar refractivity (Wildman–Crippen MR) is 114 cm³/mol. The van der Waals surface area contributed by atoms with Crippen molar-refractivity contribution < 1.29 is 14.4 Å². The van der Waals surface area contributed by atoms with Gasteiger partial charge in [0, 0.05) is 22.9 Å². The third-order valence-electron chi connectivity index (χ3n) is 5.59. The maximum Gasteiger partial charge on any atom is 0.274 e. The molecule has 1 N–H and O–H groups in total. The Morgan fingerprint density at radius 3 is 2.29 bits per heavy atom. The Morgan fingerprint density at radius 2 is 1.68 bits per heavy atom. The number of fused-ring (bicyclic) bond motifs is 2. The van der Waals surface area contributed by atoms with Gasteiger partial charge in [0.05, 0.1) is 16.7 Å². The van der Waals surface area contributed by atoms with Gasteiger partial charge in [0.1, 0.15) is 17.5 Å². The lowest BCUT2D eigenvalue weighted by molar-refractivity contribution is 0.0926. The fourth-order valence-corrected chi connectivity index (χ4v) is 4.37. The molecule has 152 valence electrons. The molecule has 0 saturated heterocycles. The first-order chi connectivity index (χ1) is 15.0. The van der Waals surface area contributed by atoms with Crippen molar-refractivity contribution >= 4 is 40.7 Å². The second kappa shape index (κ2) is 7.11. The SMILES string of the molecule is N#Cc1c(N2C(=O)c3ccccc3C2=O)c(C(=O)Nc2ccc(Cl)cc2)n2c1CCC2. The number of hydrogen-bond acceptors (Lipinski definition) is 4. The van der Waals surface area contributed by atoms with Crippen LogP contribution in [0.4, 0.5) is 11.4 Å². The molecule has 8 heteroatoms. The summed E-state index contributed by atoms with van der Waals surface area (Å²) in [5.74, 6) is -1.58. The second-order valence-corrected chi connectivity index (χ2v) is 7.77. The van der Waals surface area contributed by atoms with E-state index in [1.165, 1.54) is 0 Å². The monoisotopic (exact) mass is 430 g/mol. The van der Waals surface area contributed by atoms with Crippen molar-refractivity contribution in [2.75, 3.05) is 10.2 Å². The van der Waals surface area contributed by atoms with Crippen molar-refractivity contribution in [2.45, 2.75) is 19.4 Å². The number of imide groups is 1. The fourth-order valence-electron chi connectivity index (χ4n) is 4.25. The number of hydrogen-bond donors (Lipinski definition) is 1. The molecule has 0 spiro atoms. The molecule has 31 heavy (non-hydrogen) atoms. The molecule has 2 aliphatic rings. The number of aromatic nitrogens is 1. The molecular weight excluding hydrogens is 416 g/mol. The molecule has 0 bridgehead atoms. The quantitative estimate of drug-likeness (QED) is 0.635. The van der Waals surface area contributed by atoms with Gasteiger partial charge in [-0.1, -0.05) is 23.7 Å². The molecular formula is C23H15ClN4O3. The Balaban J connectivity index is 1.66. The van der Waals surface area contributed by atoms with Crippen LogP contribution >= 0.6 is 11.6 Å². The number of carbonyl (C=O) groups is 3. The first-order valence-electron chi connectivity index (χ1n) is 9.71. The summed E-state index contributed by atoms with van der Waals surface area (Å²) in [5.41, 5.74) is 2.06. The van der Waals surface area contributed by atoms with Gasteiger partial charge in [-0.2, -0.15) is 5.26 Å². The molecule has 1 aromatic heterocycles. The molecule has 0 radical (unpaired) electrons. The van der Waals surface area contributed by atoms with Crippen LogP contribution in [0.1, 0.15) is 48.9 Å². The van der Waals surface area contributed by atoms with E-state index in [9.17, 15) is 19.6 Å². The maximum atomic E-state index is 13.3. The van der Waals surface area contributed by atoms with Crippen molar-refractivity contribution in [3.05, 3.63) is 81.6 Å². The minimum atomic E-state index is -0.540. The third-order valence-corrected chi connectivity index (χ3v) is 5.84. The van der Waals surface area contributed by atoms with Crippen molar-refractivity contribution in [3.8, 4) is 6.07 Å². The summed E-state index contributed by atoms with van der Waals surface area (Å²) in [7, 11) is 0. The number of amides is 3. The van der Waals surface area contributed by atoms with Gasteiger partial charge in [-0.05, 0) is 49.2 Å². The van der Waals surface area contributed by atoms with Gasteiger partial charge < -0.3 is 9.88 Å². The van der Waals surface area contributed by atoms with E-state index in [-0.39, 0.29) is 28.1 Å². The lowest BCUT2D eigenvalue weighted by Gasteiger charge is -2.17. The highest BCUT2D eigenvalue weighted by Crippen LogP contribution is 2.39. The van der Waals surface area contributed by atoms with Crippen LogP contribution in [0.25, 0.3) is 0 Å². The smallest absolute Gasteiger partial charge is 0.274 e. The molecule has 2 aromatic carbocycles. The molecule has 0 atom stereocenters. The molecule has 5 rings (SSSR count). The summed E-state index contributed by atoms with van der Waals surface area (Å²) >= 11 is 5.92. The van der Waals surface area contributed by atoms with Gasteiger partial charge in [-0.3, -0.25) is 14.4 Å². The van der Waals surface area contributed by atoms with Gasteiger partial charge in [0.2, 0.25) is 0 Å². The van der Waals surface area contributed by atoms with Crippen molar-refractivity contribution in [2.24, 2.45) is 0 Å². The largest absolute Gasteiger partial charge is 0.337 e. The Labute approximate surface area is 182 Å². The Bertz CT molecular complexity index is 1280. The number of nitrogens with one attached hydrogen (secondary N) is 1. The molecule has 3 heterocycles. The summed E-state index contributed by atoms with van der Waals surface area (Å²) in [6, 6.07) is 15.2. The highest BCUT2D eigenvalue weighted by atomic mass is 35.5. The van der Waals surface area contributed by atoms with Crippen molar-refractivity contribution in [3.63, 3.8) is 0 Å². The molecule has 3 amide bonds. The van der Waals surface area contributed by atoms with Gasteiger partial charge in [-0.25, -0.2) is 4.90 Å². The van der Waals surface area contributed by atoms with Crippen LogP contribution in [0, 0.1) is 11.3 Å². The Morgan fingerprint density at radius 1 is 1.03 bits per heavy atom. The number of rotatable bonds is 3. The van der Waals surface area contributed by atoms with E-state index in [1.807, 2.05) is 0 Å². The number of nitrogens with zero attached hydrogens (tertiary/aromatic N) is 3. The highest BCUT2D eigenvalue weighted by Gasteiger charge is 2.43. The summed E-state index contributed by atoms with van der Waals surface area (Å²) in [4.78, 5) is 40.5. The fraction of sp³-hybridized carbons (Fsp3) is 0.130. The summed E-state index contributed by atoms with van der Waals surface area (Å²) < 4.78 is 1.74. The highest BCUT2D eigenvalue weighted by molar-refractivity contribution is 6.36. The first-order valence-corrected chi connectivity index (χ1v) is 10.1. The maximum absolute atomic E-state index is 13.3. The zero-order valence-electron chi connectivity index (χ0n) is 16.2. The Kier molecular flexibility index (Phi) is 4.38. The Hall–Kier alpha value is -3.89. The summed E-state index contributed by atoms with van der Waals surface area (Å²) in [6.07, 6.45) is 1.36. The lowest BCUT2D eigenvalue weighted by Crippen LogP contribution is -2.32. The van der Waals surface area contributed by atoms with Crippen LogP contribution in [0.3, 0.4) is 0 Å². The van der Waals surface area contributed by atoms with Crippen LogP contribution in [-0.2, 0) is 13.0 Å². The van der Waals surface area contributed by atoms with Crippen LogP contribution in [0.5, 0.6) is 0 Å². The molecule has 0 aliphatic carbocycles. The second-order valence-electron chi connectivity index (χ2n) is 7.34. The van der Waals surface area contributed by atoms with E-state index in [1.54, 1.807) is 53.1 Å². The van der Waals surface area contributed by atoms with Crippen molar-refractivity contribution in [1.29, 1.82) is 5.26 Å². The minimum absolute atomic E-state index is 0.0508. The molecule has 0 fully saturated rings. The standard InChI is InChI=1S/C23H15ClN4O3/c24-13-7-9-14(10-8-13)26-21(29)20-19(17(12-25)18-6-3-11-27(18)20)28-22(30)15-4-1-2-5-16(15)23(28)31/h1-2,4-5,7-10H,3,6,11H2,(H,26,29). The average Bonchev–Trinajstić information content (AvgIpc) is 3.41. The van der Waals surface area contributed by atoms with Crippen LogP contribution < -0.4 is 10.2 Å². The summed E-state index contributed by atoms with van der Waals surface area (Å²) in [6.45, 7) is 0.524. The molecule has 0 unspecified atom stereocenters. The first kappa shape index (κ1) is 19.1. The zero-order chi connectivity index (χ0) is 21.7. The van der Waals surface area contributed by atoms with Crippen LogP contribution in [0.2, 0.25) is 5.02 Å². The molecule has 7 nitrogen and oxygen atoms in total. The number of anilines is 2. The molecule has 0 saturated carbocycles. The average molecular weight is 431 g/mol. The van der Waals surface area contributed by atoms with Crippen molar-refractivity contribution in [1.82, 2.24) is 4.57 Å². The predicted octanol–water partition coefficient (Wildman–Crippen LogP) is 4.01. The van der Waals surface area contributed by atoms with E-state index >= 15 is 0 Å². The van der Waals surface area contributed by atoms with Gasteiger partial charge >= 0.3 is 0 Å². The molecule has 2 aliphatic heterocycles. The molecule has 3 aromatic rings. The summed E-state index contributed by atoms with van der Waals surface area (Å²) in [5, 5.41) is 13.2. The third kappa shape index (κ3) is 2.84. The number of halogens is 1. The van der Waals surface area contributed by atoms with E-state index in [0.29, 0.717) is 29.4 Å². The van der Waals surface area contributed by atoms with Gasteiger partial charge in [0.25, 0.3) is 17.7 Å². The van der Waals surface area contributed by atoms with E-state index in [4.69, 9.17) is 11.6 Å². The van der Waals surface area contributed by atoms with E-state index < -0.39 is 17.7 Å². The van der Waals surface area contributed by atoms with Crippen LogP contribution in [0.15, 0.2) is 48.5 Å². The normalized spacial score (nSPS) is 14.4. The van der Waals surface area contributed by atoms with Gasteiger partial charge in [0.15, 0.2) is 0 Å². The number of carbonyl (C=O) groups excluding carboxylic acids is 3. The minimum Gasteiger partial charge on any atom is -0.337 e. The number of benzene rings is 2. The number of nitriles is 1. The van der Waals surface area contributed by atoms with E-state index in [0.717, 1.165) is 11.3 Å². The van der Waals surface area contributed by atoms with Crippen LogP contribution in [-0.4, -0.2) is 22.3 Å². The van der Waals surface area contributed by atoms with E-state index in [2.05, 4.69) is 11.4 Å². The lowest BCUT2D eigenvalue weighted by atomic mass is 10.1. The zero-order valence-corrected chi connectivity index (χ0v) is 16.9. The topological polar surface area (TPSA) is 95.2 Å².